The van der Waals surface area contributed by atoms with Crippen LogP contribution in [0.25, 0.3) is 0 Å². The highest BCUT2D eigenvalue weighted by Gasteiger charge is 2.49. The molecule has 2 amide bonds. The third kappa shape index (κ3) is 7.16. The van der Waals surface area contributed by atoms with Gasteiger partial charge in [0.1, 0.15) is 0 Å². The van der Waals surface area contributed by atoms with Gasteiger partial charge in [0.25, 0.3) is 5.91 Å². The van der Waals surface area contributed by atoms with Crippen molar-refractivity contribution in [1.82, 2.24) is 15.2 Å². The number of rotatable bonds is 13. The molecule has 9 nitrogen and oxygen atoms in total. The van der Waals surface area contributed by atoms with Crippen molar-refractivity contribution in [2.24, 2.45) is 16.6 Å². The summed E-state index contributed by atoms with van der Waals surface area (Å²) in [4.78, 5) is 53.6. The Morgan fingerprint density at radius 2 is 1.77 bits per heavy atom. The number of carbonyl (C=O) groups is 3. The monoisotopic (exact) mass is 534 g/mol. The van der Waals surface area contributed by atoms with Crippen molar-refractivity contribution in [3.63, 3.8) is 0 Å². The highest BCUT2D eigenvalue weighted by Crippen LogP contribution is 2.31. The first-order chi connectivity index (χ1) is 18.6. The Bertz CT molecular complexity index is 1180. The lowest BCUT2D eigenvalue weighted by Gasteiger charge is -2.32. The molecule has 210 valence electrons. The van der Waals surface area contributed by atoms with Crippen molar-refractivity contribution in [2.45, 2.75) is 65.6 Å². The van der Waals surface area contributed by atoms with Gasteiger partial charge in [-0.2, -0.15) is 0 Å². The lowest BCUT2D eigenvalue weighted by molar-refractivity contribution is -0.137. The molecule has 0 radical (unpaired) electrons. The molecule has 0 saturated heterocycles. The molecule has 0 bridgehead atoms. The van der Waals surface area contributed by atoms with Gasteiger partial charge in [0.2, 0.25) is 17.4 Å². The third-order valence-corrected chi connectivity index (χ3v) is 7.08. The van der Waals surface area contributed by atoms with Crippen molar-refractivity contribution in [3.05, 3.63) is 59.9 Å². The number of ketones is 1. The largest absolute Gasteiger partial charge is 0.346 e. The summed E-state index contributed by atoms with van der Waals surface area (Å²) >= 11 is 0. The summed E-state index contributed by atoms with van der Waals surface area (Å²) in [6, 6.07) is 11.8. The molecule has 1 aliphatic rings. The number of amides is 2. The molecule has 1 aromatic heterocycles. The Hall–Kier alpha value is -3.43. The normalized spacial score (nSPS) is 18.0. The van der Waals surface area contributed by atoms with Gasteiger partial charge in [-0.15, -0.1) is 0 Å². The first-order valence-corrected chi connectivity index (χ1v) is 13.9. The van der Waals surface area contributed by atoms with E-state index in [4.69, 9.17) is 5.73 Å². The van der Waals surface area contributed by atoms with Gasteiger partial charge in [-0.25, -0.2) is 4.99 Å². The first-order valence-electron chi connectivity index (χ1n) is 13.9. The zero-order chi connectivity index (χ0) is 28.6. The summed E-state index contributed by atoms with van der Waals surface area (Å²) < 4.78 is 0. The number of fused-ring (bicyclic) bond motifs is 1. The number of likely N-dealkylation sites (N-methyl/N-ethyl adjacent to an activating group) is 1. The minimum absolute atomic E-state index is 0.253. The molecule has 1 aromatic carbocycles. The fourth-order valence-corrected chi connectivity index (χ4v) is 4.75. The maximum atomic E-state index is 14.2. The van der Waals surface area contributed by atoms with Gasteiger partial charge < -0.3 is 15.1 Å². The van der Waals surface area contributed by atoms with Crippen molar-refractivity contribution in [2.75, 3.05) is 31.1 Å². The summed E-state index contributed by atoms with van der Waals surface area (Å²) in [5, 5.41) is 2.74. The van der Waals surface area contributed by atoms with E-state index in [0.717, 1.165) is 19.5 Å². The van der Waals surface area contributed by atoms with Crippen molar-refractivity contribution in [3.8, 4) is 0 Å². The number of anilines is 1. The number of Topliss-reactive ketones (excluding diaryl/α,β-unsaturated/α-hetero) is 1. The van der Waals surface area contributed by atoms with E-state index in [-0.39, 0.29) is 5.91 Å². The highest BCUT2D eigenvalue weighted by molar-refractivity contribution is 6.26. The predicted octanol–water partition coefficient (Wildman–Crippen LogP) is 3.16. The van der Waals surface area contributed by atoms with E-state index in [2.05, 4.69) is 47.9 Å². The fraction of sp³-hybridized carbons (Fsp3) is 0.500. The molecule has 0 spiro atoms. The number of nitrogens with two attached hydrogens (primary N) is 1. The molecule has 1 unspecified atom stereocenters. The van der Waals surface area contributed by atoms with Gasteiger partial charge in [-0.1, -0.05) is 58.4 Å². The number of pyridine rings is 1. The first kappa shape index (κ1) is 30.1. The second-order valence-electron chi connectivity index (χ2n) is 10.4. The molecule has 2 heterocycles. The van der Waals surface area contributed by atoms with E-state index in [1.54, 1.807) is 30.2 Å². The van der Waals surface area contributed by atoms with Crippen molar-refractivity contribution < 1.29 is 14.4 Å². The van der Waals surface area contributed by atoms with Crippen LogP contribution in [0.3, 0.4) is 0 Å². The van der Waals surface area contributed by atoms with Gasteiger partial charge >= 0.3 is 0 Å². The van der Waals surface area contributed by atoms with E-state index in [1.165, 1.54) is 0 Å². The number of nitrogens with one attached hydrogen (secondary N) is 1. The lowest BCUT2D eigenvalue weighted by Crippen LogP contribution is -2.64. The fourth-order valence-electron chi connectivity index (χ4n) is 4.75. The van der Waals surface area contributed by atoms with Gasteiger partial charge in [0, 0.05) is 31.3 Å². The Kier molecular flexibility index (Phi) is 10.5. The Labute approximate surface area is 231 Å². The van der Waals surface area contributed by atoms with Crippen LogP contribution in [0.2, 0.25) is 0 Å². The topological polar surface area (TPSA) is 121 Å². The van der Waals surface area contributed by atoms with Crippen LogP contribution in [0, 0.1) is 5.92 Å². The maximum absolute atomic E-state index is 14.2. The Balaban J connectivity index is 2.04. The number of hydrogen-bond acceptors (Lipinski definition) is 7. The molecule has 3 rings (SSSR count). The lowest BCUT2D eigenvalue weighted by atomic mass is 9.98. The van der Waals surface area contributed by atoms with Crippen LogP contribution in [-0.2, 0) is 14.4 Å². The zero-order valence-electron chi connectivity index (χ0n) is 23.8. The highest BCUT2D eigenvalue weighted by atomic mass is 16.2. The molecule has 0 aliphatic carbocycles. The molecule has 0 saturated carbocycles. The van der Waals surface area contributed by atoms with Crippen LogP contribution in [0.4, 0.5) is 5.69 Å². The van der Waals surface area contributed by atoms with Gasteiger partial charge in [-0.05, 0) is 50.6 Å². The van der Waals surface area contributed by atoms with E-state index >= 15 is 0 Å². The van der Waals surface area contributed by atoms with Crippen LogP contribution in [-0.4, -0.2) is 71.1 Å². The quantitative estimate of drug-likeness (QED) is 0.381. The molecular formula is C30H42N6O3. The van der Waals surface area contributed by atoms with Crippen molar-refractivity contribution >= 4 is 29.0 Å². The van der Waals surface area contributed by atoms with E-state index < -0.39 is 23.4 Å². The molecule has 2 aromatic rings. The summed E-state index contributed by atoms with van der Waals surface area (Å²) in [5.74, 6) is -1.06. The van der Waals surface area contributed by atoms with Crippen LogP contribution >= 0.6 is 0 Å². The minimum atomic E-state index is -2.25. The number of aromatic nitrogens is 1. The molecule has 1 aliphatic heterocycles. The van der Waals surface area contributed by atoms with Crippen LogP contribution < -0.4 is 16.0 Å². The van der Waals surface area contributed by atoms with Crippen LogP contribution in [0.5, 0.6) is 0 Å². The summed E-state index contributed by atoms with van der Waals surface area (Å²) in [6.07, 6.45) is 3.55. The summed E-state index contributed by atoms with van der Waals surface area (Å²) in [7, 11) is 0. The van der Waals surface area contributed by atoms with Crippen molar-refractivity contribution in [1.29, 1.82) is 0 Å². The van der Waals surface area contributed by atoms with E-state index in [1.807, 2.05) is 30.3 Å². The number of hydrogen-bond donors (Lipinski definition) is 2. The number of benzene rings is 1. The van der Waals surface area contributed by atoms with Gasteiger partial charge in [0.15, 0.2) is 0 Å². The predicted molar refractivity (Wildman–Crippen MR) is 155 cm³/mol. The summed E-state index contributed by atoms with van der Waals surface area (Å²) in [5.41, 5.74) is 6.59. The molecule has 3 N–H and O–H groups in total. The molecule has 2 atom stereocenters. The minimum Gasteiger partial charge on any atom is -0.346 e. The van der Waals surface area contributed by atoms with Gasteiger partial charge in [0.05, 0.1) is 23.1 Å². The second kappa shape index (κ2) is 13.6. The number of aliphatic imine (C=N–C) groups is 1. The SMILES string of the molecule is CCN(CC)CCN1C(=O)C(N)(C(=O)[C@H](C)NC(=O)CCCC(C)C)N=C(c2ccccn2)c2ccccc21. The second-order valence-corrected chi connectivity index (χ2v) is 10.4. The average Bonchev–Trinajstić information content (AvgIpc) is 3.02. The number of para-hydroxylation sites is 1. The van der Waals surface area contributed by atoms with E-state index in [0.29, 0.717) is 54.5 Å². The Morgan fingerprint density at radius 3 is 2.41 bits per heavy atom. The Morgan fingerprint density at radius 1 is 1.08 bits per heavy atom. The average molecular weight is 535 g/mol. The van der Waals surface area contributed by atoms with E-state index in [9.17, 15) is 14.4 Å². The van der Waals surface area contributed by atoms with Crippen LogP contribution in [0.15, 0.2) is 53.7 Å². The van der Waals surface area contributed by atoms with Gasteiger partial charge in [-0.3, -0.25) is 25.1 Å². The zero-order valence-corrected chi connectivity index (χ0v) is 23.8. The standard InChI is InChI=1S/C30H42N6O3/c1-6-35(7-2)19-20-36-25-16-9-8-14-23(25)27(24-15-10-11-18-32-24)34-30(31,29(36)39)28(38)22(5)33-26(37)17-12-13-21(3)4/h8-11,14-16,18,21-22H,6-7,12-13,17,19-20,31H2,1-5H3,(H,33,37)/t22-,30?/m0/s1. The number of benzodiazepines with no additional fused rings is 1. The molecule has 39 heavy (non-hydrogen) atoms. The summed E-state index contributed by atoms with van der Waals surface area (Å²) in [6.45, 7) is 12.4. The van der Waals surface area contributed by atoms with Crippen LogP contribution in [0.1, 0.15) is 65.1 Å². The third-order valence-electron chi connectivity index (χ3n) is 7.08. The number of nitrogens with zero attached hydrogens (tertiary/aromatic N) is 4. The number of carbonyl (C=O) groups excluding carboxylic acids is 3. The molecule has 0 fully saturated rings. The smallest absolute Gasteiger partial charge is 0.277 e. The molecular weight excluding hydrogens is 492 g/mol. The molecule has 9 heteroatoms. The maximum Gasteiger partial charge on any atom is 0.277 e.